The van der Waals surface area contributed by atoms with E-state index in [9.17, 15) is 0 Å². The van der Waals surface area contributed by atoms with Gasteiger partial charge in [0.05, 0.1) is 11.6 Å². The predicted octanol–water partition coefficient (Wildman–Crippen LogP) is 4.98. The van der Waals surface area contributed by atoms with E-state index in [0.29, 0.717) is 17.0 Å². The van der Waals surface area contributed by atoms with Crippen molar-refractivity contribution in [1.29, 1.82) is 0 Å². The Morgan fingerprint density at radius 3 is 2.74 bits per heavy atom. The molecule has 2 saturated carbocycles. The average molecular weight is 341 g/mol. The SMILES string of the molecule is Clc1cc(Br)cc2c(C3CC3)c(CNC3CC3)oc12. The van der Waals surface area contributed by atoms with Gasteiger partial charge in [0.25, 0.3) is 0 Å². The lowest BCUT2D eigenvalue weighted by molar-refractivity contribution is 0.506. The Kier molecular flexibility index (Phi) is 2.90. The molecule has 0 spiro atoms. The molecule has 4 rings (SSSR count). The molecular formula is C15H15BrClNO. The van der Waals surface area contributed by atoms with Crippen molar-refractivity contribution in [3.05, 3.63) is 33.0 Å². The van der Waals surface area contributed by atoms with Gasteiger partial charge in [-0.3, -0.25) is 0 Å². The summed E-state index contributed by atoms with van der Waals surface area (Å²) in [5.74, 6) is 1.76. The van der Waals surface area contributed by atoms with Crippen molar-refractivity contribution in [2.45, 2.75) is 44.2 Å². The second kappa shape index (κ2) is 4.51. The molecule has 1 aromatic carbocycles. The zero-order valence-electron chi connectivity index (χ0n) is 10.5. The fraction of sp³-hybridized carbons (Fsp3) is 0.467. The van der Waals surface area contributed by atoms with Gasteiger partial charge < -0.3 is 9.73 Å². The van der Waals surface area contributed by atoms with E-state index in [-0.39, 0.29) is 0 Å². The van der Waals surface area contributed by atoms with E-state index in [1.807, 2.05) is 6.07 Å². The van der Waals surface area contributed by atoms with Gasteiger partial charge in [0, 0.05) is 21.5 Å². The minimum Gasteiger partial charge on any atom is -0.458 e. The number of nitrogens with one attached hydrogen (secondary N) is 1. The van der Waals surface area contributed by atoms with Crippen molar-refractivity contribution in [2.24, 2.45) is 0 Å². The maximum atomic E-state index is 6.30. The van der Waals surface area contributed by atoms with Crippen molar-refractivity contribution in [1.82, 2.24) is 5.32 Å². The molecule has 1 N–H and O–H groups in total. The highest BCUT2D eigenvalue weighted by Gasteiger charge is 2.32. The predicted molar refractivity (Wildman–Crippen MR) is 80.8 cm³/mol. The molecule has 1 aromatic heterocycles. The fourth-order valence-corrected chi connectivity index (χ4v) is 3.52. The molecule has 0 saturated heterocycles. The summed E-state index contributed by atoms with van der Waals surface area (Å²) in [4.78, 5) is 0. The topological polar surface area (TPSA) is 25.2 Å². The second-order valence-electron chi connectivity index (χ2n) is 5.63. The lowest BCUT2D eigenvalue weighted by Crippen LogP contribution is -2.15. The van der Waals surface area contributed by atoms with E-state index in [0.717, 1.165) is 22.4 Å². The molecule has 2 fully saturated rings. The molecule has 0 unspecified atom stereocenters. The minimum absolute atomic E-state index is 0.669. The number of fused-ring (bicyclic) bond motifs is 1. The molecule has 1 heterocycles. The summed E-state index contributed by atoms with van der Waals surface area (Å²) < 4.78 is 7.07. The Morgan fingerprint density at radius 1 is 1.26 bits per heavy atom. The van der Waals surface area contributed by atoms with Gasteiger partial charge in [-0.25, -0.2) is 0 Å². The summed E-state index contributed by atoms with van der Waals surface area (Å²) in [6.07, 6.45) is 5.14. The lowest BCUT2D eigenvalue weighted by Gasteiger charge is -2.02. The Balaban J connectivity index is 1.81. The Bertz CT molecular complexity index is 643. The first-order chi connectivity index (χ1) is 9.22. The standard InChI is InChI=1S/C15H15BrClNO/c16-9-5-11-14(8-1-2-8)13(7-18-10-3-4-10)19-15(11)12(17)6-9/h5-6,8,10,18H,1-4,7H2. The number of hydrogen-bond donors (Lipinski definition) is 1. The third-order valence-corrected chi connectivity index (χ3v) is 4.68. The molecule has 2 aromatic rings. The van der Waals surface area contributed by atoms with Crippen LogP contribution >= 0.6 is 27.5 Å². The summed E-state index contributed by atoms with van der Waals surface area (Å²) in [5, 5.41) is 5.43. The van der Waals surface area contributed by atoms with Gasteiger partial charge in [-0.2, -0.15) is 0 Å². The van der Waals surface area contributed by atoms with Gasteiger partial charge in [0.2, 0.25) is 0 Å². The van der Waals surface area contributed by atoms with Crippen LogP contribution in [0, 0.1) is 0 Å². The van der Waals surface area contributed by atoms with Crippen molar-refractivity contribution < 1.29 is 4.42 Å². The number of furan rings is 1. The number of hydrogen-bond acceptors (Lipinski definition) is 2. The Labute approximate surface area is 125 Å². The van der Waals surface area contributed by atoms with Crippen LogP contribution < -0.4 is 5.32 Å². The molecule has 19 heavy (non-hydrogen) atoms. The van der Waals surface area contributed by atoms with Gasteiger partial charge in [-0.05, 0) is 43.7 Å². The van der Waals surface area contributed by atoms with E-state index in [1.54, 1.807) is 0 Å². The zero-order valence-corrected chi connectivity index (χ0v) is 12.9. The van der Waals surface area contributed by atoms with Crippen LogP contribution in [-0.4, -0.2) is 6.04 Å². The van der Waals surface area contributed by atoms with Crippen LogP contribution in [0.25, 0.3) is 11.0 Å². The van der Waals surface area contributed by atoms with Crippen molar-refractivity contribution in [3.63, 3.8) is 0 Å². The first-order valence-corrected chi connectivity index (χ1v) is 8.03. The van der Waals surface area contributed by atoms with E-state index in [1.165, 1.54) is 36.6 Å². The molecule has 100 valence electrons. The van der Waals surface area contributed by atoms with Crippen molar-refractivity contribution >= 4 is 38.5 Å². The van der Waals surface area contributed by atoms with Gasteiger partial charge in [-0.1, -0.05) is 27.5 Å². The Hall–Kier alpha value is -0.510. The van der Waals surface area contributed by atoms with Crippen LogP contribution in [0.1, 0.15) is 42.9 Å². The minimum atomic E-state index is 0.669. The summed E-state index contributed by atoms with van der Waals surface area (Å²) in [7, 11) is 0. The van der Waals surface area contributed by atoms with Crippen molar-refractivity contribution in [3.8, 4) is 0 Å². The first kappa shape index (κ1) is 12.2. The maximum absolute atomic E-state index is 6.30. The molecule has 4 heteroatoms. The molecule has 2 aliphatic rings. The van der Waals surface area contributed by atoms with Crippen LogP contribution in [0.15, 0.2) is 21.0 Å². The van der Waals surface area contributed by atoms with Crippen LogP contribution in [-0.2, 0) is 6.54 Å². The van der Waals surface area contributed by atoms with Gasteiger partial charge >= 0.3 is 0 Å². The third-order valence-electron chi connectivity index (χ3n) is 3.94. The van der Waals surface area contributed by atoms with E-state index >= 15 is 0 Å². The molecule has 2 nitrogen and oxygen atoms in total. The second-order valence-corrected chi connectivity index (χ2v) is 6.96. The molecule has 2 aliphatic carbocycles. The number of halogens is 2. The fourth-order valence-electron chi connectivity index (χ4n) is 2.67. The van der Waals surface area contributed by atoms with Crippen LogP contribution in [0.4, 0.5) is 0 Å². The average Bonchev–Trinajstić information content (AvgIpc) is 3.26. The molecule has 0 amide bonds. The molecule has 0 aliphatic heterocycles. The Morgan fingerprint density at radius 2 is 2.05 bits per heavy atom. The molecule has 0 atom stereocenters. The first-order valence-electron chi connectivity index (χ1n) is 6.86. The quantitative estimate of drug-likeness (QED) is 0.849. The third kappa shape index (κ3) is 2.32. The molecule has 0 radical (unpaired) electrons. The van der Waals surface area contributed by atoms with Crippen molar-refractivity contribution in [2.75, 3.05) is 0 Å². The zero-order chi connectivity index (χ0) is 13.0. The van der Waals surface area contributed by atoms with Crippen LogP contribution in [0.3, 0.4) is 0 Å². The van der Waals surface area contributed by atoms with Gasteiger partial charge in [-0.15, -0.1) is 0 Å². The highest BCUT2D eigenvalue weighted by molar-refractivity contribution is 9.10. The lowest BCUT2D eigenvalue weighted by atomic mass is 10.1. The number of benzene rings is 1. The maximum Gasteiger partial charge on any atom is 0.153 e. The molecule has 0 bridgehead atoms. The summed E-state index contributed by atoms with van der Waals surface area (Å²) in [5.41, 5.74) is 2.23. The number of rotatable bonds is 4. The highest BCUT2D eigenvalue weighted by Crippen LogP contribution is 2.47. The summed E-state index contributed by atoms with van der Waals surface area (Å²) in [6, 6.07) is 4.74. The van der Waals surface area contributed by atoms with Crippen LogP contribution in [0.5, 0.6) is 0 Å². The van der Waals surface area contributed by atoms with Gasteiger partial charge in [0.15, 0.2) is 5.58 Å². The normalized spacial score (nSPS) is 19.3. The van der Waals surface area contributed by atoms with E-state index in [4.69, 9.17) is 16.0 Å². The molecular weight excluding hydrogens is 326 g/mol. The van der Waals surface area contributed by atoms with E-state index < -0.39 is 0 Å². The highest BCUT2D eigenvalue weighted by atomic mass is 79.9. The smallest absolute Gasteiger partial charge is 0.153 e. The van der Waals surface area contributed by atoms with Crippen LogP contribution in [0.2, 0.25) is 5.02 Å². The van der Waals surface area contributed by atoms with E-state index in [2.05, 4.69) is 27.3 Å². The monoisotopic (exact) mass is 339 g/mol. The summed E-state index contributed by atoms with van der Waals surface area (Å²) in [6.45, 7) is 0.832. The van der Waals surface area contributed by atoms with Gasteiger partial charge in [0.1, 0.15) is 5.76 Å². The summed E-state index contributed by atoms with van der Waals surface area (Å²) >= 11 is 9.83. The largest absolute Gasteiger partial charge is 0.458 e.